The maximum atomic E-state index is 10.5. The number of anilines is 1. The van der Waals surface area contributed by atoms with Crippen molar-refractivity contribution in [2.75, 3.05) is 18.0 Å². The van der Waals surface area contributed by atoms with Gasteiger partial charge < -0.3 is 10.6 Å². The van der Waals surface area contributed by atoms with Crippen molar-refractivity contribution in [3.63, 3.8) is 0 Å². The zero-order chi connectivity index (χ0) is 18.4. The van der Waals surface area contributed by atoms with Crippen LogP contribution in [0, 0.1) is 6.92 Å². The van der Waals surface area contributed by atoms with Gasteiger partial charge in [0.1, 0.15) is 5.15 Å². The average molecular weight is 384 g/mol. The zero-order valence-electron chi connectivity index (χ0n) is 14.0. The first-order valence-corrected chi connectivity index (χ1v) is 9.74. The second kappa shape index (κ2) is 8.62. The lowest BCUT2D eigenvalue weighted by molar-refractivity contribution is 0.483. The van der Waals surface area contributed by atoms with E-state index in [4.69, 9.17) is 21.9 Å². The summed E-state index contributed by atoms with van der Waals surface area (Å²) in [6.45, 7) is 3.83. The topological polar surface area (TPSA) is 96.5 Å². The normalized spacial score (nSPS) is 17.6. The van der Waals surface area contributed by atoms with Crippen LogP contribution >= 0.6 is 11.6 Å². The quantitative estimate of drug-likeness (QED) is 0.611. The monoisotopic (exact) mass is 383 g/mol. The summed E-state index contributed by atoms with van der Waals surface area (Å²) in [5, 5.41) is 0.537. The molecule has 2 aromatic rings. The third-order valence-electron chi connectivity index (χ3n) is 3.85. The van der Waals surface area contributed by atoms with Crippen molar-refractivity contribution in [1.29, 1.82) is 0 Å². The van der Waals surface area contributed by atoms with Gasteiger partial charge in [0.15, 0.2) is 0 Å². The van der Waals surface area contributed by atoms with Gasteiger partial charge >= 0.3 is 0 Å². The van der Waals surface area contributed by atoms with Crippen LogP contribution in [-0.4, -0.2) is 37.1 Å². The number of nitrogens with two attached hydrogens (primary N) is 1. The summed E-state index contributed by atoms with van der Waals surface area (Å²) in [5.74, 6) is 0. The third-order valence-corrected chi connectivity index (χ3v) is 4.95. The molecular formula is C17H22ClN3O3S. The van der Waals surface area contributed by atoms with Gasteiger partial charge in [0.05, 0.1) is 16.8 Å². The lowest BCUT2D eigenvalue weighted by Crippen LogP contribution is -2.42. The summed E-state index contributed by atoms with van der Waals surface area (Å²) < 4.78 is 29.6. The fourth-order valence-electron chi connectivity index (χ4n) is 2.51. The number of piperidine rings is 1. The smallest absolute Gasteiger partial charge is 0.294 e. The van der Waals surface area contributed by atoms with E-state index < -0.39 is 10.1 Å². The highest BCUT2D eigenvalue weighted by molar-refractivity contribution is 7.85. The van der Waals surface area contributed by atoms with E-state index in [1.165, 1.54) is 12.1 Å². The molecule has 2 heterocycles. The Kier molecular flexibility index (Phi) is 6.78. The van der Waals surface area contributed by atoms with Gasteiger partial charge in [0, 0.05) is 19.1 Å². The van der Waals surface area contributed by atoms with Crippen LogP contribution in [0.5, 0.6) is 0 Å². The number of pyridine rings is 1. The summed E-state index contributed by atoms with van der Waals surface area (Å²) in [4.78, 5) is 6.26. The van der Waals surface area contributed by atoms with Crippen LogP contribution in [0.1, 0.15) is 18.4 Å². The molecule has 1 fully saturated rings. The van der Waals surface area contributed by atoms with Crippen molar-refractivity contribution in [2.45, 2.75) is 30.7 Å². The second-order valence-corrected chi connectivity index (χ2v) is 7.78. The molecule has 136 valence electrons. The molecule has 3 rings (SSSR count). The molecule has 1 aliphatic rings. The molecule has 1 aliphatic heterocycles. The number of rotatable bonds is 2. The van der Waals surface area contributed by atoms with Gasteiger partial charge in [0.2, 0.25) is 0 Å². The molecule has 0 bridgehead atoms. The number of hydrogen-bond donors (Lipinski definition) is 2. The van der Waals surface area contributed by atoms with Gasteiger partial charge in [-0.05, 0) is 44.0 Å². The first kappa shape index (κ1) is 19.7. The van der Waals surface area contributed by atoms with Gasteiger partial charge in [-0.1, -0.05) is 29.3 Å². The molecule has 0 amide bonds. The number of halogens is 1. The average Bonchev–Trinajstić information content (AvgIpc) is 2.56. The highest BCUT2D eigenvalue weighted by Gasteiger charge is 2.16. The molecule has 1 unspecified atom stereocenters. The Morgan fingerprint density at radius 3 is 2.44 bits per heavy atom. The molecule has 6 nitrogen and oxygen atoms in total. The van der Waals surface area contributed by atoms with Crippen LogP contribution in [0.3, 0.4) is 0 Å². The minimum atomic E-state index is -4.02. The summed E-state index contributed by atoms with van der Waals surface area (Å²) in [7, 11) is -4.02. The maximum absolute atomic E-state index is 10.5. The Labute approximate surface area is 153 Å². The molecule has 0 aliphatic carbocycles. The molecule has 25 heavy (non-hydrogen) atoms. The Hall–Kier alpha value is -1.67. The Bertz CT molecular complexity index is 780. The Balaban J connectivity index is 0.000000186. The van der Waals surface area contributed by atoms with Crippen molar-refractivity contribution < 1.29 is 13.0 Å². The highest BCUT2D eigenvalue weighted by Crippen LogP contribution is 2.19. The number of aryl methyl sites for hydroxylation is 1. The van der Waals surface area contributed by atoms with Gasteiger partial charge in [-0.15, -0.1) is 0 Å². The van der Waals surface area contributed by atoms with Crippen molar-refractivity contribution >= 4 is 27.4 Å². The molecule has 1 aromatic heterocycles. The number of nitrogens with zero attached hydrogens (tertiary/aromatic N) is 2. The predicted molar refractivity (Wildman–Crippen MR) is 99.7 cm³/mol. The minimum absolute atomic E-state index is 0.0666. The van der Waals surface area contributed by atoms with E-state index in [1.54, 1.807) is 18.3 Å². The van der Waals surface area contributed by atoms with Crippen LogP contribution in [0.15, 0.2) is 47.5 Å². The molecule has 3 N–H and O–H groups in total. The van der Waals surface area contributed by atoms with Gasteiger partial charge in [-0.3, -0.25) is 4.55 Å². The van der Waals surface area contributed by atoms with E-state index in [9.17, 15) is 8.42 Å². The zero-order valence-corrected chi connectivity index (χ0v) is 15.5. The Morgan fingerprint density at radius 2 is 1.92 bits per heavy atom. The minimum Gasteiger partial charge on any atom is -0.369 e. The fourth-order valence-corrected chi connectivity index (χ4v) is 3.10. The van der Waals surface area contributed by atoms with E-state index in [0.29, 0.717) is 11.2 Å². The molecule has 1 aromatic carbocycles. The maximum Gasteiger partial charge on any atom is 0.294 e. The van der Waals surface area contributed by atoms with Crippen LogP contribution in [0.2, 0.25) is 5.15 Å². The fraction of sp³-hybridized carbons (Fsp3) is 0.353. The number of hydrogen-bond acceptors (Lipinski definition) is 5. The molecule has 0 saturated carbocycles. The molecule has 8 heteroatoms. The van der Waals surface area contributed by atoms with E-state index in [1.807, 2.05) is 19.1 Å². The SMILES string of the molecule is Cc1ccc(S(=O)(=O)O)cc1.NC1CCCN(c2ccc(Cl)nc2)C1. The van der Waals surface area contributed by atoms with Crippen LogP contribution in [-0.2, 0) is 10.1 Å². The lowest BCUT2D eigenvalue weighted by Gasteiger charge is -2.32. The molecule has 1 atom stereocenters. The molecule has 0 spiro atoms. The van der Waals surface area contributed by atoms with Gasteiger partial charge in [-0.25, -0.2) is 4.98 Å². The standard InChI is InChI=1S/C10H14ClN3.C7H8O3S/c11-10-4-3-9(6-13-10)14-5-1-2-8(12)7-14;1-6-2-4-7(5-3-6)11(8,9)10/h3-4,6,8H,1-2,5,7,12H2;2-5H,1H3,(H,8,9,10). The van der Waals surface area contributed by atoms with Crippen LogP contribution in [0.25, 0.3) is 0 Å². The molecular weight excluding hydrogens is 362 g/mol. The molecule has 1 saturated heterocycles. The van der Waals surface area contributed by atoms with E-state index in [2.05, 4.69) is 9.88 Å². The first-order valence-electron chi connectivity index (χ1n) is 7.92. The largest absolute Gasteiger partial charge is 0.369 e. The van der Waals surface area contributed by atoms with E-state index in [0.717, 1.165) is 37.2 Å². The van der Waals surface area contributed by atoms with Crippen molar-refractivity contribution in [1.82, 2.24) is 4.98 Å². The number of benzene rings is 1. The summed E-state index contributed by atoms with van der Waals surface area (Å²) in [5.41, 5.74) is 7.98. The van der Waals surface area contributed by atoms with E-state index in [-0.39, 0.29) is 4.90 Å². The number of aromatic nitrogens is 1. The lowest BCUT2D eigenvalue weighted by atomic mass is 10.1. The van der Waals surface area contributed by atoms with E-state index >= 15 is 0 Å². The first-order chi connectivity index (χ1) is 11.8. The predicted octanol–water partition coefficient (Wildman–Crippen LogP) is 2.90. The summed E-state index contributed by atoms with van der Waals surface area (Å²) in [6.07, 6.45) is 4.09. The molecule has 0 radical (unpaired) electrons. The van der Waals surface area contributed by atoms with Gasteiger partial charge in [0.25, 0.3) is 10.1 Å². The van der Waals surface area contributed by atoms with Crippen molar-refractivity contribution in [3.8, 4) is 0 Å². The van der Waals surface area contributed by atoms with Crippen molar-refractivity contribution in [3.05, 3.63) is 53.3 Å². The summed E-state index contributed by atoms with van der Waals surface area (Å²) >= 11 is 5.72. The van der Waals surface area contributed by atoms with Crippen LogP contribution in [0.4, 0.5) is 5.69 Å². The second-order valence-electron chi connectivity index (χ2n) is 5.98. The Morgan fingerprint density at radius 1 is 1.24 bits per heavy atom. The van der Waals surface area contributed by atoms with Crippen LogP contribution < -0.4 is 10.6 Å². The summed E-state index contributed by atoms with van der Waals surface area (Å²) in [6, 6.07) is 10.1. The van der Waals surface area contributed by atoms with Gasteiger partial charge in [-0.2, -0.15) is 8.42 Å². The van der Waals surface area contributed by atoms with Crippen molar-refractivity contribution in [2.24, 2.45) is 5.73 Å². The third kappa shape index (κ3) is 6.28. The highest BCUT2D eigenvalue weighted by atomic mass is 35.5.